The smallest absolute Gasteiger partial charge is 0.152 e. The second kappa shape index (κ2) is 6.82. The Hall–Kier alpha value is -1.03. The summed E-state index contributed by atoms with van der Waals surface area (Å²) < 4.78 is 5.95. The van der Waals surface area contributed by atoms with E-state index in [-0.39, 0.29) is 6.04 Å². The molecule has 0 aliphatic heterocycles. The summed E-state index contributed by atoms with van der Waals surface area (Å²) in [5.41, 5.74) is 3.69. The Kier molecular flexibility index (Phi) is 4.84. The highest BCUT2D eigenvalue weighted by Gasteiger charge is 2.21. The van der Waals surface area contributed by atoms with Crippen LogP contribution < -0.4 is 11.3 Å². The SMILES string of the molecule is NNC(CC1CCCCCC1)c1cc2cccc(Cl)c2o1. The minimum absolute atomic E-state index is 0.0663. The Morgan fingerprint density at radius 1 is 1.24 bits per heavy atom. The molecule has 0 radical (unpaired) electrons. The summed E-state index contributed by atoms with van der Waals surface area (Å²) in [6.45, 7) is 0. The molecule has 3 nitrogen and oxygen atoms in total. The maximum atomic E-state index is 6.19. The summed E-state index contributed by atoms with van der Waals surface area (Å²) in [6, 6.07) is 7.94. The third-order valence-corrected chi connectivity index (χ3v) is 4.90. The first-order chi connectivity index (χ1) is 10.3. The van der Waals surface area contributed by atoms with Crippen molar-refractivity contribution in [3.63, 3.8) is 0 Å². The lowest BCUT2D eigenvalue weighted by atomic mass is 9.92. The number of fused-ring (bicyclic) bond motifs is 1. The van der Waals surface area contributed by atoms with Gasteiger partial charge in [0.25, 0.3) is 0 Å². The average Bonchev–Trinajstić information content (AvgIpc) is 2.76. The van der Waals surface area contributed by atoms with Crippen molar-refractivity contribution < 1.29 is 4.42 Å². The van der Waals surface area contributed by atoms with Gasteiger partial charge in [0, 0.05) is 5.39 Å². The van der Waals surface area contributed by atoms with Crippen molar-refractivity contribution in [2.75, 3.05) is 0 Å². The van der Waals surface area contributed by atoms with Gasteiger partial charge in [-0.2, -0.15) is 0 Å². The van der Waals surface area contributed by atoms with Crippen molar-refractivity contribution in [2.45, 2.75) is 51.0 Å². The molecule has 1 aromatic carbocycles. The van der Waals surface area contributed by atoms with Crippen molar-refractivity contribution in [2.24, 2.45) is 11.8 Å². The van der Waals surface area contributed by atoms with Gasteiger partial charge in [-0.1, -0.05) is 62.3 Å². The minimum Gasteiger partial charge on any atom is -0.458 e. The van der Waals surface area contributed by atoms with E-state index in [4.69, 9.17) is 21.9 Å². The monoisotopic (exact) mass is 306 g/mol. The van der Waals surface area contributed by atoms with Crippen LogP contribution >= 0.6 is 11.6 Å². The summed E-state index contributed by atoms with van der Waals surface area (Å²) in [7, 11) is 0. The fraction of sp³-hybridized carbons (Fsp3) is 0.529. The highest BCUT2D eigenvalue weighted by molar-refractivity contribution is 6.34. The number of nitrogens with two attached hydrogens (primary N) is 1. The first-order valence-electron chi connectivity index (χ1n) is 7.92. The Labute approximate surface area is 130 Å². The van der Waals surface area contributed by atoms with Gasteiger partial charge >= 0.3 is 0 Å². The number of benzene rings is 1. The molecule has 114 valence electrons. The summed E-state index contributed by atoms with van der Waals surface area (Å²) in [5.74, 6) is 7.40. The second-order valence-electron chi connectivity index (χ2n) is 6.12. The number of halogens is 1. The maximum absolute atomic E-state index is 6.19. The second-order valence-corrected chi connectivity index (χ2v) is 6.53. The molecule has 0 saturated heterocycles. The highest BCUT2D eigenvalue weighted by atomic mass is 35.5. The molecule has 4 heteroatoms. The number of hydrogen-bond acceptors (Lipinski definition) is 3. The zero-order valence-corrected chi connectivity index (χ0v) is 13.0. The minimum atomic E-state index is 0.0663. The van der Waals surface area contributed by atoms with Crippen LogP contribution in [0.4, 0.5) is 0 Å². The first-order valence-corrected chi connectivity index (χ1v) is 8.30. The molecule has 1 atom stereocenters. The highest BCUT2D eigenvalue weighted by Crippen LogP contribution is 2.34. The van der Waals surface area contributed by atoms with E-state index < -0.39 is 0 Å². The zero-order valence-electron chi connectivity index (χ0n) is 12.3. The number of nitrogens with one attached hydrogen (secondary N) is 1. The topological polar surface area (TPSA) is 51.2 Å². The van der Waals surface area contributed by atoms with Gasteiger partial charge in [-0.15, -0.1) is 0 Å². The molecule has 1 unspecified atom stereocenters. The van der Waals surface area contributed by atoms with Crippen molar-refractivity contribution >= 4 is 22.6 Å². The Bertz CT molecular complexity index is 587. The fourth-order valence-electron chi connectivity index (χ4n) is 3.42. The lowest BCUT2D eigenvalue weighted by Gasteiger charge is -2.20. The van der Waals surface area contributed by atoms with E-state index in [1.54, 1.807) is 0 Å². The third-order valence-electron chi connectivity index (χ3n) is 4.60. The van der Waals surface area contributed by atoms with E-state index in [0.29, 0.717) is 5.02 Å². The molecule has 0 bridgehead atoms. The molecule has 1 heterocycles. The van der Waals surface area contributed by atoms with Crippen LogP contribution in [-0.4, -0.2) is 0 Å². The average molecular weight is 307 g/mol. The van der Waals surface area contributed by atoms with E-state index in [9.17, 15) is 0 Å². The van der Waals surface area contributed by atoms with Crippen molar-refractivity contribution in [1.29, 1.82) is 0 Å². The molecule has 3 rings (SSSR count). The number of para-hydroxylation sites is 1. The van der Waals surface area contributed by atoms with Gasteiger partial charge in [-0.3, -0.25) is 5.84 Å². The standard InChI is InChI=1S/C17H23ClN2O/c18-14-9-5-8-13-11-16(21-17(13)14)15(20-19)10-12-6-3-1-2-4-7-12/h5,8-9,11-12,15,20H,1-4,6-7,10,19H2. The molecular formula is C17H23ClN2O. The van der Waals surface area contributed by atoms with E-state index in [1.807, 2.05) is 18.2 Å². The lowest BCUT2D eigenvalue weighted by molar-refractivity contribution is 0.327. The molecule has 2 aromatic rings. The Morgan fingerprint density at radius 3 is 2.67 bits per heavy atom. The predicted octanol–water partition coefficient (Wildman–Crippen LogP) is 4.95. The molecule has 1 aromatic heterocycles. The molecule has 21 heavy (non-hydrogen) atoms. The Morgan fingerprint density at radius 2 is 2.00 bits per heavy atom. The van der Waals surface area contributed by atoms with Gasteiger partial charge in [-0.25, -0.2) is 5.43 Å². The molecule has 1 aliphatic carbocycles. The fourth-order valence-corrected chi connectivity index (χ4v) is 3.64. The molecule has 0 amide bonds. The molecule has 3 N–H and O–H groups in total. The van der Waals surface area contributed by atoms with Gasteiger partial charge in [0.1, 0.15) is 5.76 Å². The van der Waals surface area contributed by atoms with Crippen molar-refractivity contribution in [1.82, 2.24) is 5.43 Å². The van der Waals surface area contributed by atoms with Gasteiger partial charge in [0.05, 0.1) is 11.1 Å². The third kappa shape index (κ3) is 3.42. The molecule has 0 spiro atoms. The van der Waals surface area contributed by atoms with Crippen LogP contribution in [0.25, 0.3) is 11.0 Å². The predicted molar refractivity (Wildman–Crippen MR) is 87.1 cm³/mol. The van der Waals surface area contributed by atoms with Crippen LogP contribution in [0.15, 0.2) is 28.7 Å². The Balaban J connectivity index is 1.79. The maximum Gasteiger partial charge on any atom is 0.152 e. The van der Waals surface area contributed by atoms with E-state index in [0.717, 1.165) is 29.1 Å². The van der Waals surface area contributed by atoms with Crippen LogP contribution in [0.3, 0.4) is 0 Å². The zero-order chi connectivity index (χ0) is 14.7. The van der Waals surface area contributed by atoms with Crippen LogP contribution in [0, 0.1) is 5.92 Å². The number of furan rings is 1. The number of rotatable bonds is 4. The van der Waals surface area contributed by atoms with Crippen LogP contribution in [-0.2, 0) is 0 Å². The number of hydrazine groups is 1. The molecule has 1 fully saturated rings. The van der Waals surface area contributed by atoms with Crippen LogP contribution in [0.2, 0.25) is 5.02 Å². The first kappa shape index (κ1) is 14.9. The van der Waals surface area contributed by atoms with E-state index >= 15 is 0 Å². The van der Waals surface area contributed by atoms with E-state index in [2.05, 4.69) is 11.5 Å². The van der Waals surface area contributed by atoms with E-state index in [1.165, 1.54) is 38.5 Å². The summed E-state index contributed by atoms with van der Waals surface area (Å²) in [5, 5.41) is 1.70. The molecular weight excluding hydrogens is 284 g/mol. The van der Waals surface area contributed by atoms with Gasteiger partial charge < -0.3 is 4.42 Å². The van der Waals surface area contributed by atoms with Gasteiger partial charge in [0.15, 0.2) is 5.58 Å². The van der Waals surface area contributed by atoms with Crippen LogP contribution in [0.5, 0.6) is 0 Å². The van der Waals surface area contributed by atoms with Crippen LogP contribution in [0.1, 0.15) is 56.7 Å². The molecule has 1 saturated carbocycles. The molecule has 1 aliphatic rings. The largest absolute Gasteiger partial charge is 0.458 e. The summed E-state index contributed by atoms with van der Waals surface area (Å²) in [4.78, 5) is 0. The normalized spacial score (nSPS) is 18.8. The van der Waals surface area contributed by atoms with Crippen molar-refractivity contribution in [3.05, 3.63) is 35.0 Å². The van der Waals surface area contributed by atoms with Gasteiger partial charge in [-0.05, 0) is 24.5 Å². The quantitative estimate of drug-likeness (QED) is 0.477. The van der Waals surface area contributed by atoms with Crippen molar-refractivity contribution in [3.8, 4) is 0 Å². The lowest BCUT2D eigenvalue weighted by Crippen LogP contribution is -2.29. The number of hydrogen-bond donors (Lipinski definition) is 2. The summed E-state index contributed by atoms with van der Waals surface area (Å²) >= 11 is 6.19. The van der Waals surface area contributed by atoms with Gasteiger partial charge in [0.2, 0.25) is 0 Å². The summed E-state index contributed by atoms with van der Waals surface area (Å²) in [6.07, 6.45) is 9.07.